The van der Waals surface area contributed by atoms with Crippen molar-refractivity contribution in [1.29, 1.82) is 0 Å². The third-order valence-corrected chi connectivity index (χ3v) is 3.20. The molecule has 124 valence electrons. The van der Waals surface area contributed by atoms with Crippen LogP contribution in [0.4, 0.5) is 0 Å². The van der Waals surface area contributed by atoms with Gasteiger partial charge in [0.15, 0.2) is 5.96 Å². The van der Waals surface area contributed by atoms with E-state index in [4.69, 9.17) is 4.74 Å². The number of nitrogens with zero attached hydrogens (tertiary/aromatic N) is 4. The van der Waals surface area contributed by atoms with Crippen molar-refractivity contribution < 1.29 is 4.74 Å². The molecule has 2 N–H and O–H groups in total. The SMILES string of the molecule is CN=C(NCc1ccc(OC(C)C)nc1)NCc1ccnn1C. The van der Waals surface area contributed by atoms with Gasteiger partial charge in [-0.2, -0.15) is 5.10 Å². The van der Waals surface area contributed by atoms with Gasteiger partial charge in [-0.1, -0.05) is 6.07 Å². The van der Waals surface area contributed by atoms with Gasteiger partial charge in [-0.3, -0.25) is 9.67 Å². The minimum atomic E-state index is 0.126. The van der Waals surface area contributed by atoms with Crippen LogP contribution in [-0.4, -0.2) is 33.9 Å². The Morgan fingerprint density at radius 3 is 2.61 bits per heavy atom. The molecule has 0 unspecified atom stereocenters. The summed E-state index contributed by atoms with van der Waals surface area (Å²) < 4.78 is 7.36. The van der Waals surface area contributed by atoms with E-state index in [0.29, 0.717) is 19.0 Å². The standard InChI is InChI=1S/C16H24N6O/c1-12(2)23-15-6-5-13(9-18-15)10-19-16(17-3)20-11-14-7-8-21-22(14)4/h5-9,12H,10-11H2,1-4H3,(H2,17,19,20). The molecule has 0 saturated heterocycles. The zero-order chi connectivity index (χ0) is 16.7. The molecule has 0 atom stereocenters. The third-order valence-electron chi connectivity index (χ3n) is 3.20. The number of nitrogens with one attached hydrogen (secondary N) is 2. The summed E-state index contributed by atoms with van der Waals surface area (Å²) in [5.41, 5.74) is 2.15. The van der Waals surface area contributed by atoms with Gasteiger partial charge in [-0.25, -0.2) is 4.98 Å². The second-order valence-electron chi connectivity index (χ2n) is 5.40. The maximum Gasteiger partial charge on any atom is 0.213 e. The van der Waals surface area contributed by atoms with Gasteiger partial charge in [0.1, 0.15) is 0 Å². The van der Waals surface area contributed by atoms with E-state index < -0.39 is 0 Å². The molecule has 2 aromatic rings. The Morgan fingerprint density at radius 2 is 2.04 bits per heavy atom. The number of hydrogen-bond acceptors (Lipinski definition) is 4. The van der Waals surface area contributed by atoms with E-state index in [-0.39, 0.29) is 6.10 Å². The van der Waals surface area contributed by atoms with Gasteiger partial charge >= 0.3 is 0 Å². The second-order valence-corrected chi connectivity index (χ2v) is 5.40. The van der Waals surface area contributed by atoms with Crippen LogP contribution >= 0.6 is 0 Å². The Balaban J connectivity index is 1.82. The molecule has 0 radical (unpaired) electrons. The molecule has 0 aromatic carbocycles. The summed E-state index contributed by atoms with van der Waals surface area (Å²) in [6.07, 6.45) is 3.71. The Kier molecular flexibility index (Phi) is 5.96. The van der Waals surface area contributed by atoms with Crippen molar-refractivity contribution in [2.75, 3.05) is 7.05 Å². The van der Waals surface area contributed by atoms with Crippen LogP contribution in [0.5, 0.6) is 5.88 Å². The summed E-state index contributed by atoms with van der Waals surface area (Å²) in [4.78, 5) is 8.50. The van der Waals surface area contributed by atoms with Crippen LogP contribution in [0.15, 0.2) is 35.6 Å². The monoisotopic (exact) mass is 316 g/mol. The van der Waals surface area contributed by atoms with Gasteiger partial charge in [-0.15, -0.1) is 0 Å². The fourth-order valence-electron chi connectivity index (χ4n) is 1.98. The number of hydrogen-bond donors (Lipinski definition) is 2. The minimum Gasteiger partial charge on any atom is -0.475 e. The molecule has 7 nitrogen and oxygen atoms in total. The molecule has 23 heavy (non-hydrogen) atoms. The molecule has 0 fully saturated rings. The van der Waals surface area contributed by atoms with E-state index in [1.54, 1.807) is 19.4 Å². The quantitative estimate of drug-likeness (QED) is 0.623. The van der Waals surface area contributed by atoms with Crippen molar-refractivity contribution in [2.24, 2.45) is 12.0 Å². The Morgan fingerprint density at radius 1 is 1.26 bits per heavy atom. The van der Waals surface area contributed by atoms with Crippen molar-refractivity contribution in [3.05, 3.63) is 41.9 Å². The minimum absolute atomic E-state index is 0.126. The summed E-state index contributed by atoms with van der Waals surface area (Å²) in [6.45, 7) is 5.26. The number of pyridine rings is 1. The van der Waals surface area contributed by atoms with Gasteiger partial charge < -0.3 is 15.4 Å². The van der Waals surface area contributed by atoms with Crippen LogP contribution in [-0.2, 0) is 20.1 Å². The average Bonchev–Trinajstić information content (AvgIpc) is 2.94. The summed E-state index contributed by atoms with van der Waals surface area (Å²) in [7, 11) is 3.66. The van der Waals surface area contributed by atoms with Gasteiger partial charge in [0, 0.05) is 39.1 Å². The zero-order valence-electron chi connectivity index (χ0n) is 14.1. The molecule has 2 rings (SSSR count). The molecular weight excluding hydrogens is 292 g/mol. The molecule has 0 spiro atoms. The van der Waals surface area contributed by atoms with Crippen LogP contribution in [0, 0.1) is 0 Å². The zero-order valence-corrected chi connectivity index (χ0v) is 14.1. The topological polar surface area (TPSA) is 76.4 Å². The van der Waals surface area contributed by atoms with E-state index in [2.05, 4.69) is 25.7 Å². The Hall–Kier alpha value is -2.57. The van der Waals surface area contributed by atoms with E-state index >= 15 is 0 Å². The smallest absolute Gasteiger partial charge is 0.213 e. The van der Waals surface area contributed by atoms with Crippen LogP contribution < -0.4 is 15.4 Å². The van der Waals surface area contributed by atoms with Crippen molar-refractivity contribution >= 4 is 5.96 Å². The average molecular weight is 316 g/mol. The largest absolute Gasteiger partial charge is 0.475 e. The Labute approximate surface area is 136 Å². The van der Waals surface area contributed by atoms with E-state index in [9.17, 15) is 0 Å². The van der Waals surface area contributed by atoms with E-state index in [1.807, 2.05) is 43.8 Å². The van der Waals surface area contributed by atoms with Gasteiger partial charge in [0.05, 0.1) is 18.3 Å². The van der Waals surface area contributed by atoms with Gasteiger partial charge in [0.25, 0.3) is 0 Å². The van der Waals surface area contributed by atoms with Crippen molar-refractivity contribution in [3.8, 4) is 5.88 Å². The first kappa shape index (κ1) is 16.8. The summed E-state index contributed by atoms with van der Waals surface area (Å²) in [6, 6.07) is 5.84. The third kappa shape index (κ3) is 5.28. The fraction of sp³-hybridized carbons (Fsp3) is 0.438. The molecular formula is C16H24N6O. The number of rotatable bonds is 6. The number of guanidine groups is 1. The molecule has 7 heteroatoms. The molecule has 0 aliphatic heterocycles. The first-order valence-corrected chi connectivity index (χ1v) is 7.61. The number of ether oxygens (including phenoxy) is 1. The van der Waals surface area contributed by atoms with Crippen molar-refractivity contribution in [2.45, 2.75) is 33.0 Å². The predicted octanol–water partition coefficient (Wildman–Crippen LogP) is 1.47. The van der Waals surface area contributed by atoms with Crippen LogP contribution in [0.1, 0.15) is 25.1 Å². The molecule has 2 aromatic heterocycles. The highest BCUT2D eigenvalue weighted by Crippen LogP contribution is 2.09. The van der Waals surface area contributed by atoms with Crippen molar-refractivity contribution in [1.82, 2.24) is 25.4 Å². The van der Waals surface area contributed by atoms with Crippen LogP contribution in [0.2, 0.25) is 0 Å². The summed E-state index contributed by atoms with van der Waals surface area (Å²) >= 11 is 0. The molecule has 0 bridgehead atoms. The lowest BCUT2D eigenvalue weighted by molar-refractivity contribution is 0.232. The Bertz CT molecular complexity index is 632. The number of aliphatic imine (C=N–C) groups is 1. The van der Waals surface area contributed by atoms with Crippen LogP contribution in [0.3, 0.4) is 0 Å². The summed E-state index contributed by atoms with van der Waals surface area (Å²) in [5, 5.41) is 10.6. The second kappa shape index (κ2) is 8.17. The predicted molar refractivity (Wildman–Crippen MR) is 90.2 cm³/mol. The maximum absolute atomic E-state index is 5.53. The lowest BCUT2D eigenvalue weighted by Crippen LogP contribution is -2.36. The maximum atomic E-state index is 5.53. The fourth-order valence-corrected chi connectivity index (χ4v) is 1.98. The highest BCUT2D eigenvalue weighted by Gasteiger charge is 2.03. The highest BCUT2D eigenvalue weighted by atomic mass is 16.5. The molecule has 0 aliphatic carbocycles. The molecule has 2 heterocycles. The lowest BCUT2D eigenvalue weighted by Gasteiger charge is -2.12. The molecule has 0 amide bonds. The van der Waals surface area contributed by atoms with E-state index in [0.717, 1.165) is 17.2 Å². The number of aromatic nitrogens is 3. The summed E-state index contributed by atoms with van der Waals surface area (Å²) in [5.74, 6) is 1.37. The first-order valence-electron chi connectivity index (χ1n) is 7.61. The van der Waals surface area contributed by atoms with E-state index in [1.165, 1.54) is 0 Å². The van der Waals surface area contributed by atoms with Crippen LogP contribution in [0.25, 0.3) is 0 Å². The van der Waals surface area contributed by atoms with Gasteiger partial charge in [0.2, 0.25) is 5.88 Å². The number of aryl methyl sites for hydroxylation is 1. The molecule has 0 saturated carbocycles. The lowest BCUT2D eigenvalue weighted by atomic mass is 10.3. The highest BCUT2D eigenvalue weighted by molar-refractivity contribution is 5.79. The normalized spacial score (nSPS) is 11.6. The van der Waals surface area contributed by atoms with Crippen molar-refractivity contribution in [3.63, 3.8) is 0 Å². The molecule has 0 aliphatic rings. The van der Waals surface area contributed by atoms with Gasteiger partial charge in [-0.05, 0) is 25.5 Å². The first-order chi connectivity index (χ1) is 11.1.